The molecule has 0 spiro atoms. The minimum atomic E-state index is -0.870. The first-order chi connectivity index (χ1) is 11.7. The standard InChI is InChI=1S/C19H13F2N3/c20-15-7-17-18(8-16(15)21)24(12-5-6-12)19(23-17)14-10-22-9-11-3-1-2-4-13(11)14/h1-4,7-10,12H,5-6H2. The number of aromatic nitrogens is 3. The van der Waals surface area contributed by atoms with Crippen molar-refractivity contribution >= 4 is 21.8 Å². The van der Waals surface area contributed by atoms with E-state index in [0.717, 1.165) is 35.0 Å². The minimum absolute atomic E-state index is 0.286. The molecule has 1 fully saturated rings. The lowest BCUT2D eigenvalue weighted by atomic mass is 10.1. The van der Waals surface area contributed by atoms with Gasteiger partial charge in [-0.2, -0.15) is 0 Å². The van der Waals surface area contributed by atoms with E-state index in [9.17, 15) is 8.78 Å². The summed E-state index contributed by atoms with van der Waals surface area (Å²) in [4.78, 5) is 8.93. The number of halogens is 2. The number of imidazole rings is 1. The van der Waals surface area contributed by atoms with Crippen molar-refractivity contribution in [3.63, 3.8) is 0 Å². The highest BCUT2D eigenvalue weighted by Crippen LogP contribution is 2.42. The van der Waals surface area contributed by atoms with Crippen molar-refractivity contribution in [2.45, 2.75) is 18.9 Å². The minimum Gasteiger partial charge on any atom is -0.321 e. The first kappa shape index (κ1) is 13.6. The Morgan fingerprint density at radius 1 is 1.00 bits per heavy atom. The van der Waals surface area contributed by atoms with E-state index in [1.807, 2.05) is 35.0 Å². The molecule has 0 unspecified atom stereocenters. The molecule has 118 valence electrons. The molecule has 5 heteroatoms. The van der Waals surface area contributed by atoms with Gasteiger partial charge in [-0.25, -0.2) is 13.8 Å². The molecule has 4 aromatic rings. The summed E-state index contributed by atoms with van der Waals surface area (Å²) in [5, 5.41) is 2.05. The van der Waals surface area contributed by atoms with Crippen LogP contribution in [0.3, 0.4) is 0 Å². The van der Waals surface area contributed by atoms with Crippen LogP contribution in [-0.2, 0) is 0 Å². The second-order valence-corrected chi connectivity index (χ2v) is 6.20. The molecule has 3 nitrogen and oxygen atoms in total. The Bertz CT molecular complexity index is 1090. The zero-order valence-electron chi connectivity index (χ0n) is 12.7. The number of rotatable bonds is 2. The van der Waals surface area contributed by atoms with E-state index >= 15 is 0 Å². The van der Waals surface area contributed by atoms with E-state index in [1.54, 1.807) is 6.20 Å². The zero-order chi connectivity index (χ0) is 16.3. The lowest BCUT2D eigenvalue weighted by Gasteiger charge is -2.10. The van der Waals surface area contributed by atoms with E-state index in [0.29, 0.717) is 11.0 Å². The highest BCUT2D eigenvalue weighted by Gasteiger charge is 2.30. The van der Waals surface area contributed by atoms with E-state index in [2.05, 4.69) is 9.97 Å². The molecule has 0 saturated heterocycles. The predicted molar refractivity (Wildman–Crippen MR) is 88.7 cm³/mol. The van der Waals surface area contributed by atoms with Crippen LogP contribution in [0.4, 0.5) is 8.78 Å². The van der Waals surface area contributed by atoms with Gasteiger partial charge < -0.3 is 4.57 Å². The molecule has 0 aliphatic heterocycles. The molecule has 2 aromatic heterocycles. The summed E-state index contributed by atoms with van der Waals surface area (Å²) < 4.78 is 29.4. The quantitative estimate of drug-likeness (QED) is 0.527. The highest BCUT2D eigenvalue weighted by molar-refractivity contribution is 5.96. The molecule has 0 amide bonds. The Labute approximate surface area is 136 Å². The average Bonchev–Trinajstić information content (AvgIpc) is 3.37. The summed E-state index contributed by atoms with van der Waals surface area (Å²) in [5.41, 5.74) is 2.00. The van der Waals surface area contributed by atoms with Crippen molar-refractivity contribution in [1.29, 1.82) is 0 Å². The molecule has 24 heavy (non-hydrogen) atoms. The molecular weight excluding hydrogens is 308 g/mol. The van der Waals surface area contributed by atoms with Crippen LogP contribution in [0.25, 0.3) is 33.2 Å². The Hall–Kier alpha value is -2.82. The van der Waals surface area contributed by atoms with Gasteiger partial charge in [-0.3, -0.25) is 4.98 Å². The summed E-state index contributed by atoms with van der Waals surface area (Å²) >= 11 is 0. The Morgan fingerprint density at radius 3 is 2.62 bits per heavy atom. The van der Waals surface area contributed by atoms with Crippen molar-refractivity contribution in [3.8, 4) is 11.4 Å². The van der Waals surface area contributed by atoms with Crippen molar-refractivity contribution in [1.82, 2.24) is 14.5 Å². The average molecular weight is 321 g/mol. The van der Waals surface area contributed by atoms with Crippen molar-refractivity contribution in [3.05, 3.63) is 60.4 Å². The monoisotopic (exact) mass is 321 g/mol. The molecule has 5 rings (SSSR count). The van der Waals surface area contributed by atoms with Gasteiger partial charge in [0.15, 0.2) is 11.6 Å². The fraction of sp³-hybridized carbons (Fsp3) is 0.158. The Kier molecular flexibility index (Phi) is 2.74. The van der Waals surface area contributed by atoms with Crippen LogP contribution >= 0.6 is 0 Å². The lowest BCUT2D eigenvalue weighted by molar-refractivity contribution is 0.510. The third kappa shape index (κ3) is 1.94. The molecule has 0 radical (unpaired) electrons. The summed E-state index contributed by atoms with van der Waals surface area (Å²) in [6.07, 6.45) is 5.63. The number of nitrogens with zero attached hydrogens (tertiary/aromatic N) is 3. The SMILES string of the molecule is Fc1cc2nc(-c3cncc4ccccc34)n(C3CC3)c2cc1F. The normalized spacial score (nSPS) is 14.6. The lowest BCUT2D eigenvalue weighted by Crippen LogP contribution is -1.99. The molecule has 1 aliphatic rings. The molecule has 1 aliphatic carbocycles. The summed E-state index contributed by atoms with van der Waals surface area (Å²) in [5.74, 6) is -0.987. The van der Waals surface area contributed by atoms with Crippen LogP contribution in [0.5, 0.6) is 0 Å². The fourth-order valence-corrected chi connectivity index (χ4v) is 3.28. The van der Waals surface area contributed by atoms with Crippen LogP contribution < -0.4 is 0 Å². The predicted octanol–water partition coefficient (Wildman–Crippen LogP) is 4.86. The largest absolute Gasteiger partial charge is 0.321 e. The molecular formula is C19H13F2N3. The van der Waals surface area contributed by atoms with Crippen LogP contribution in [-0.4, -0.2) is 14.5 Å². The van der Waals surface area contributed by atoms with E-state index in [4.69, 9.17) is 0 Å². The van der Waals surface area contributed by atoms with Crippen LogP contribution in [0.2, 0.25) is 0 Å². The topological polar surface area (TPSA) is 30.7 Å². The Morgan fingerprint density at radius 2 is 1.79 bits per heavy atom. The molecule has 0 N–H and O–H groups in total. The third-order valence-corrected chi connectivity index (χ3v) is 4.55. The first-order valence-electron chi connectivity index (χ1n) is 7.92. The van der Waals surface area contributed by atoms with E-state index < -0.39 is 11.6 Å². The van der Waals surface area contributed by atoms with E-state index in [1.165, 1.54) is 12.1 Å². The zero-order valence-corrected chi connectivity index (χ0v) is 12.7. The van der Waals surface area contributed by atoms with Gasteiger partial charge in [-0.1, -0.05) is 24.3 Å². The number of hydrogen-bond donors (Lipinski definition) is 0. The third-order valence-electron chi connectivity index (χ3n) is 4.55. The number of benzene rings is 2. The number of fused-ring (bicyclic) bond motifs is 2. The molecule has 2 heterocycles. The van der Waals surface area contributed by atoms with Gasteiger partial charge in [-0.05, 0) is 18.2 Å². The smallest absolute Gasteiger partial charge is 0.161 e. The van der Waals surface area contributed by atoms with E-state index in [-0.39, 0.29) is 6.04 Å². The van der Waals surface area contributed by atoms with Gasteiger partial charge in [-0.15, -0.1) is 0 Å². The van der Waals surface area contributed by atoms with Crippen molar-refractivity contribution < 1.29 is 8.78 Å². The second kappa shape index (κ2) is 4.84. The molecule has 0 bridgehead atoms. The van der Waals surface area contributed by atoms with Gasteiger partial charge in [0.1, 0.15) is 5.82 Å². The fourth-order valence-electron chi connectivity index (χ4n) is 3.28. The summed E-state index contributed by atoms with van der Waals surface area (Å²) in [6, 6.07) is 10.6. The van der Waals surface area contributed by atoms with Crippen LogP contribution in [0.15, 0.2) is 48.8 Å². The maximum absolute atomic E-state index is 13.7. The summed E-state index contributed by atoms with van der Waals surface area (Å²) in [6.45, 7) is 0. The van der Waals surface area contributed by atoms with Gasteiger partial charge in [0, 0.05) is 41.5 Å². The Balaban J connectivity index is 1.87. The number of hydrogen-bond acceptors (Lipinski definition) is 2. The molecule has 0 atom stereocenters. The molecule has 2 aromatic carbocycles. The second-order valence-electron chi connectivity index (χ2n) is 6.20. The maximum Gasteiger partial charge on any atom is 0.161 e. The van der Waals surface area contributed by atoms with Crippen LogP contribution in [0, 0.1) is 11.6 Å². The number of pyridine rings is 1. The molecule has 1 saturated carbocycles. The first-order valence-corrected chi connectivity index (χ1v) is 7.92. The van der Waals surface area contributed by atoms with Crippen LogP contribution in [0.1, 0.15) is 18.9 Å². The maximum atomic E-state index is 13.7. The van der Waals surface area contributed by atoms with Gasteiger partial charge in [0.05, 0.1) is 11.0 Å². The van der Waals surface area contributed by atoms with Crippen molar-refractivity contribution in [2.24, 2.45) is 0 Å². The van der Waals surface area contributed by atoms with Gasteiger partial charge in [0.25, 0.3) is 0 Å². The van der Waals surface area contributed by atoms with Gasteiger partial charge in [0.2, 0.25) is 0 Å². The van der Waals surface area contributed by atoms with Crippen molar-refractivity contribution in [2.75, 3.05) is 0 Å². The highest BCUT2D eigenvalue weighted by atomic mass is 19.2. The van der Waals surface area contributed by atoms with Gasteiger partial charge >= 0.3 is 0 Å². The summed E-state index contributed by atoms with van der Waals surface area (Å²) in [7, 11) is 0.